The topological polar surface area (TPSA) is 67.4 Å². The summed E-state index contributed by atoms with van der Waals surface area (Å²) in [6, 6.07) is 8.02. The molecule has 2 aromatic carbocycles. The highest BCUT2D eigenvalue weighted by Gasteiger charge is 2.33. The molecule has 0 unspecified atom stereocenters. The van der Waals surface area contributed by atoms with E-state index < -0.39 is 22.7 Å². The standard InChI is InChI=1S/C18H12ClF3N2O3/c19-13-4-1-10(7-12(13)18(20,21)22)2-6-16(25)23-11-3-5-15-14(8-11)24-17(26)9-27-15/h1-8H,9H2,(H,23,25)(H,24,26)/b6-2+. The van der Waals surface area contributed by atoms with Crippen LogP contribution in [0, 0.1) is 0 Å². The number of hydrogen-bond acceptors (Lipinski definition) is 3. The summed E-state index contributed by atoms with van der Waals surface area (Å²) < 4.78 is 43.8. The number of carbonyl (C=O) groups excluding carboxylic acids is 2. The molecule has 1 aliphatic heterocycles. The number of fused-ring (bicyclic) bond motifs is 1. The predicted octanol–water partition coefficient (Wildman–Crippen LogP) is 4.34. The van der Waals surface area contributed by atoms with Gasteiger partial charge in [0.05, 0.1) is 16.3 Å². The average molecular weight is 397 g/mol. The Morgan fingerprint density at radius 2 is 2.00 bits per heavy atom. The van der Waals surface area contributed by atoms with Gasteiger partial charge in [-0.15, -0.1) is 0 Å². The van der Waals surface area contributed by atoms with Crippen LogP contribution in [-0.4, -0.2) is 18.4 Å². The van der Waals surface area contributed by atoms with Crippen LogP contribution in [0.15, 0.2) is 42.5 Å². The first-order chi connectivity index (χ1) is 12.7. The van der Waals surface area contributed by atoms with Crippen molar-refractivity contribution in [1.82, 2.24) is 0 Å². The Hall–Kier alpha value is -3.00. The molecule has 0 fully saturated rings. The molecule has 0 aliphatic carbocycles. The van der Waals surface area contributed by atoms with Gasteiger partial charge in [-0.2, -0.15) is 13.2 Å². The minimum atomic E-state index is -4.58. The quantitative estimate of drug-likeness (QED) is 0.758. The number of alkyl halides is 3. The second kappa shape index (κ2) is 7.32. The largest absolute Gasteiger partial charge is 0.482 e. The Bertz CT molecular complexity index is 942. The van der Waals surface area contributed by atoms with Crippen molar-refractivity contribution in [3.8, 4) is 5.75 Å². The fraction of sp³-hybridized carbons (Fsp3) is 0.111. The van der Waals surface area contributed by atoms with Crippen molar-refractivity contribution in [2.45, 2.75) is 6.18 Å². The van der Waals surface area contributed by atoms with E-state index >= 15 is 0 Å². The fourth-order valence-electron chi connectivity index (χ4n) is 2.38. The number of hydrogen-bond donors (Lipinski definition) is 2. The van der Waals surface area contributed by atoms with Gasteiger partial charge in [0.25, 0.3) is 5.91 Å². The smallest absolute Gasteiger partial charge is 0.417 e. The van der Waals surface area contributed by atoms with Crippen molar-refractivity contribution >= 4 is 40.9 Å². The van der Waals surface area contributed by atoms with E-state index in [2.05, 4.69) is 10.6 Å². The van der Waals surface area contributed by atoms with Crippen LogP contribution < -0.4 is 15.4 Å². The molecule has 0 atom stereocenters. The van der Waals surface area contributed by atoms with Crippen LogP contribution in [-0.2, 0) is 15.8 Å². The molecule has 3 rings (SSSR count). The Morgan fingerprint density at radius 1 is 1.22 bits per heavy atom. The number of benzene rings is 2. The summed E-state index contributed by atoms with van der Waals surface area (Å²) in [4.78, 5) is 23.3. The van der Waals surface area contributed by atoms with Gasteiger partial charge in [-0.05, 0) is 42.0 Å². The third-order valence-electron chi connectivity index (χ3n) is 3.60. The van der Waals surface area contributed by atoms with Gasteiger partial charge in [0.2, 0.25) is 5.91 Å². The number of nitrogens with one attached hydrogen (secondary N) is 2. The summed E-state index contributed by atoms with van der Waals surface area (Å²) in [5.74, 6) is -0.389. The first-order valence-corrected chi connectivity index (χ1v) is 8.03. The maximum Gasteiger partial charge on any atom is 0.417 e. The van der Waals surface area contributed by atoms with Gasteiger partial charge in [0.1, 0.15) is 5.75 Å². The molecular formula is C18H12ClF3N2O3. The number of amides is 2. The van der Waals surface area contributed by atoms with Gasteiger partial charge >= 0.3 is 6.18 Å². The predicted molar refractivity (Wildman–Crippen MR) is 94.7 cm³/mol. The van der Waals surface area contributed by atoms with Crippen molar-refractivity contribution in [2.24, 2.45) is 0 Å². The normalized spacial score (nSPS) is 13.7. The molecular weight excluding hydrogens is 385 g/mol. The van der Waals surface area contributed by atoms with Gasteiger partial charge in [0.15, 0.2) is 6.61 Å². The van der Waals surface area contributed by atoms with Crippen molar-refractivity contribution < 1.29 is 27.5 Å². The molecule has 1 heterocycles. The number of halogens is 4. The molecule has 0 spiro atoms. The molecule has 140 valence electrons. The Balaban J connectivity index is 1.71. The van der Waals surface area contributed by atoms with Crippen LogP contribution in [0.25, 0.3) is 6.08 Å². The van der Waals surface area contributed by atoms with E-state index in [0.717, 1.165) is 18.2 Å². The van der Waals surface area contributed by atoms with Crippen molar-refractivity contribution in [3.05, 3.63) is 58.6 Å². The van der Waals surface area contributed by atoms with Gasteiger partial charge in [0, 0.05) is 11.8 Å². The summed E-state index contributed by atoms with van der Waals surface area (Å²) in [5.41, 5.74) is 0.00645. The highest BCUT2D eigenvalue weighted by molar-refractivity contribution is 6.31. The molecule has 0 aromatic heterocycles. The fourth-order valence-corrected chi connectivity index (χ4v) is 2.61. The molecule has 27 heavy (non-hydrogen) atoms. The van der Waals surface area contributed by atoms with Gasteiger partial charge in [-0.25, -0.2) is 0 Å². The van der Waals surface area contributed by atoms with E-state index in [9.17, 15) is 22.8 Å². The average Bonchev–Trinajstić information content (AvgIpc) is 2.59. The lowest BCUT2D eigenvalue weighted by Crippen LogP contribution is -2.25. The second-order valence-electron chi connectivity index (χ2n) is 5.61. The van der Waals surface area contributed by atoms with Crippen molar-refractivity contribution in [3.63, 3.8) is 0 Å². The van der Waals surface area contributed by atoms with E-state index in [-0.39, 0.29) is 18.1 Å². The molecule has 0 saturated carbocycles. The number of carbonyl (C=O) groups is 2. The summed E-state index contributed by atoms with van der Waals surface area (Å²) in [6.07, 6.45) is -2.25. The molecule has 9 heteroatoms. The molecule has 5 nitrogen and oxygen atoms in total. The van der Waals surface area contributed by atoms with Crippen LogP contribution in [0.1, 0.15) is 11.1 Å². The third kappa shape index (κ3) is 4.59. The maximum absolute atomic E-state index is 12.9. The zero-order valence-corrected chi connectivity index (χ0v) is 14.3. The van der Waals surface area contributed by atoms with E-state index in [1.165, 1.54) is 18.2 Å². The maximum atomic E-state index is 12.9. The Labute approximate surface area is 156 Å². The van der Waals surface area contributed by atoms with Gasteiger partial charge in [-0.3, -0.25) is 9.59 Å². The van der Waals surface area contributed by atoms with E-state index in [1.54, 1.807) is 12.1 Å². The number of rotatable bonds is 3. The third-order valence-corrected chi connectivity index (χ3v) is 3.93. The van der Waals surface area contributed by atoms with Gasteiger partial charge in [-0.1, -0.05) is 17.7 Å². The SMILES string of the molecule is O=C(/C=C/c1ccc(Cl)c(C(F)(F)F)c1)Nc1ccc2c(c1)NC(=O)CO2. The second-order valence-corrected chi connectivity index (χ2v) is 6.01. The first kappa shape index (κ1) is 18.8. The summed E-state index contributed by atoms with van der Waals surface area (Å²) in [5, 5.41) is 4.74. The monoisotopic (exact) mass is 396 g/mol. The van der Waals surface area contributed by atoms with Crippen LogP contribution in [0.2, 0.25) is 5.02 Å². The van der Waals surface area contributed by atoms with Crippen LogP contribution in [0.3, 0.4) is 0 Å². The number of anilines is 2. The van der Waals surface area contributed by atoms with Crippen LogP contribution >= 0.6 is 11.6 Å². The summed E-state index contributed by atoms with van der Waals surface area (Å²) in [7, 11) is 0. The molecule has 2 aromatic rings. The minimum absolute atomic E-state index is 0.0809. The Kier molecular flexibility index (Phi) is 5.09. The molecule has 2 N–H and O–H groups in total. The van der Waals surface area contributed by atoms with Crippen molar-refractivity contribution in [1.29, 1.82) is 0 Å². The highest BCUT2D eigenvalue weighted by Crippen LogP contribution is 2.35. The molecule has 0 saturated heterocycles. The lowest BCUT2D eigenvalue weighted by Gasteiger charge is -2.18. The van der Waals surface area contributed by atoms with E-state index in [0.29, 0.717) is 17.1 Å². The zero-order chi connectivity index (χ0) is 19.6. The van der Waals surface area contributed by atoms with Crippen LogP contribution in [0.4, 0.5) is 24.5 Å². The molecule has 2 amide bonds. The van der Waals surface area contributed by atoms with Crippen LogP contribution in [0.5, 0.6) is 5.75 Å². The highest BCUT2D eigenvalue weighted by atomic mass is 35.5. The Morgan fingerprint density at radius 3 is 2.74 bits per heavy atom. The summed E-state index contributed by atoms with van der Waals surface area (Å²) >= 11 is 5.56. The van der Waals surface area contributed by atoms with Crippen molar-refractivity contribution in [2.75, 3.05) is 17.2 Å². The number of ether oxygens (including phenoxy) is 1. The minimum Gasteiger partial charge on any atom is -0.482 e. The van der Waals surface area contributed by atoms with E-state index in [1.807, 2.05) is 0 Å². The first-order valence-electron chi connectivity index (χ1n) is 7.65. The molecule has 1 aliphatic rings. The molecule has 0 radical (unpaired) electrons. The van der Waals surface area contributed by atoms with Gasteiger partial charge < -0.3 is 15.4 Å². The molecule has 0 bridgehead atoms. The lowest BCUT2D eigenvalue weighted by atomic mass is 10.1. The summed E-state index contributed by atoms with van der Waals surface area (Å²) in [6.45, 7) is -0.0809. The van der Waals surface area contributed by atoms with E-state index in [4.69, 9.17) is 16.3 Å². The lowest BCUT2D eigenvalue weighted by molar-refractivity contribution is -0.137. The zero-order valence-electron chi connectivity index (χ0n) is 13.6.